The second-order valence-electron chi connectivity index (χ2n) is 5.63. The van der Waals surface area contributed by atoms with Crippen LogP contribution in [0, 0.1) is 5.41 Å². The monoisotopic (exact) mass is 318 g/mol. The average Bonchev–Trinajstić information content (AvgIpc) is 2.39. The third kappa shape index (κ3) is 4.74. The van der Waals surface area contributed by atoms with Crippen LogP contribution in [0.2, 0.25) is 5.02 Å². The Hall–Kier alpha value is -0.620. The fourth-order valence-electron chi connectivity index (χ4n) is 1.53. The zero-order chi connectivity index (χ0) is 15.4. The summed E-state index contributed by atoms with van der Waals surface area (Å²) in [7, 11) is -1.70. The van der Waals surface area contributed by atoms with Crippen molar-refractivity contribution < 1.29 is 8.42 Å². The minimum absolute atomic E-state index is 0.0665. The summed E-state index contributed by atoms with van der Waals surface area (Å²) in [5.41, 5.74) is 0.810. The van der Waals surface area contributed by atoms with Gasteiger partial charge in [0, 0.05) is 18.1 Å². The highest BCUT2D eigenvalue weighted by atomic mass is 35.5. The predicted molar refractivity (Wildman–Crippen MR) is 83.5 cm³/mol. The number of benzene rings is 1. The molecule has 20 heavy (non-hydrogen) atoms. The van der Waals surface area contributed by atoms with Gasteiger partial charge in [0.2, 0.25) is 10.0 Å². The molecule has 0 heterocycles. The Kier molecular flexibility index (Phi) is 6.01. The zero-order valence-electron chi connectivity index (χ0n) is 12.5. The second kappa shape index (κ2) is 6.89. The Morgan fingerprint density at radius 1 is 1.30 bits per heavy atom. The molecule has 0 aliphatic carbocycles. The van der Waals surface area contributed by atoms with Crippen LogP contribution in [0.15, 0.2) is 23.1 Å². The van der Waals surface area contributed by atoms with Crippen molar-refractivity contribution in [2.24, 2.45) is 5.41 Å². The van der Waals surface area contributed by atoms with Crippen molar-refractivity contribution in [1.82, 2.24) is 10.0 Å². The molecule has 0 fully saturated rings. The van der Waals surface area contributed by atoms with Gasteiger partial charge in [-0.25, -0.2) is 13.1 Å². The Balaban J connectivity index is 2.91. The maximum absolute atomic E-state index is 12.2. The Bertz CT molecular complexity index is 556. The van der Waals surface area contributed by atoms with Gasteiger partial charge in [0.15, 0.2) is 0 Å². The number of hydrogen-bond donors (Lipinski definition) is 2. The third-order valence-electron chi connectivity index (χ3n) is 3.40. The van der Waals surface area contributed by atoms with Crippen molar-refractivity contribution in [3.63, 3.8) is 0 Å². The predicted octanol–water partition coefficient (Wildman–Crippen LogP) is 2.77. The first kappa shape index (κ1) is 17.4. The molecule has 2 N–H and O–H groups in total. The van der Waals surface area contributed by atoms with E-state index in [-0.39, 0.29) is 10.3 Å². The first-order valence-corrected chi connectivity index (χ1v) is 8.50. The molecule has 0 radical (unpaired) electrons. The first-order chi connectivity index (χ1) is 9.22. The molecule has 1 rings (SSSR count). The molecule has 6 heteroatoms. The molecule has 0 unspecified atom stereocenters. The maximum Gasteiger partial charge on any atom is 0.240 e. The normalized spacial score (nSPS) is 12.7. The van der Waals surface area contributed by atoms with Gasteiger partial charge in [-0.2, -0.15) is 0 Å². The zero-order valence-corrected chi connectivity index (χ0v) is 14.0. The molecular weight excluding hydrogens is 296 g/mol. The Morgan fingerprint density at radius 2 is 1.95 bits per heavy atom. The van der Waals surface area contributed by atoms with E-state index in [2.05, 4.69) is 10.0 Å². The van der Waals surface area contributed by atoms with Gasteiger partial charge in [0.1, 0.15) is 0 Å². The molecule has 4 nitrogen and oxygen atoms in total. The number of sulfonamides is 1. The highest BCUT2D eigenvalue weighted by Crippen LogP contribution is 2.22. The summed E-state index contributed by atoms with van der Waals surface area (Å²) in [6, 6.07) is 4.81. The molecule has 0 aromatic heterocycles. The minimum atomic E-state index is -3.51. The highest BCUT2D eigenvalue weighted by molar-refractivity contribution is 7.89. The maximum atomic E-state index is 12.2. The summed E-state index contributed by atoms with van der Waals surface area (Å²) in [6.07, 6.45) is 0.900. The van der Waals surface area contributed by atoms with E-state index in [1.807, 2.05) is 27.8 Å². The van der Waals surface area contributed by atoms with E-state index in [4.69, 9.17) is 11.6 Å². The number of hydrogen-bond acceptors (Lipinski definition) is 3. The lowest BCUT2D eigenvalue weighted by molar-refractivity contribution is 0.350. The van der Waals surface area contributed by atoms with Crippen LogP contribution in [0.3, 0.4) is 0 Å². The summed E-state index contributed by atoms with van der Waals surface area (Å²) in [6.45, 7) is 7.10. The van der Waals surface area contributed by atoms with Crippen molar-refractivity contribution in [3.05, 3.63) is 28.8 Å². The van der Waals surface area contributed by atoms with Crippen LogP contribution in [0.5, 0.6) is 0 Å². The lowest BCUT2D eigenvalue weighted by Gasteiger charge is -2.22. The lowest BCUT2D eigenvalue weighted by atomic mass is 9.91. The molecule has 0 saturated carbocycles. The summed E-state index contributed by atoms with van der Waals surface area (Å²) in [5, 5.41) is 3.44. The molecule has 114 valence electrons. The van der Waals surface area contributed by atoms with Gasteiger partial charge in [-0.1, -0.05) is 38.4 Å². The van der Waals surface area contributed by atoms with Gasteiger partial charge < -0.3 is 5.32 Å². The van der Waals surface area contributed by atoms with Gasteiger partial charge >= 0.3 is 0 Å². The average molecular weight is 319 g/mol. The van der Waals surface area contributed by atoms with Crippen molar-refractivity contribution >= 4 is 21.6 Å². The quantitative estimate of drug-likeness (QED) is 0.812. The van der Waals surface area contributed by atoms with E-state index in [1.165, 1.54) is 6.07 Å². The van der Waals surface area contributed by atoms with Gasteiger partial charge in [-0.3, -0.25) is 0 Å². The van der Waals surface area contributed by atoms with Crippen LogP contribution < -0.4 is 10.0 Å². The van der Waals surface area contributed by atoms with Gasteiger partial charge in [-0.05, 0) is 36.6 Å². The topological polar surface area (TPSA) is 58.2 Å². The summed E-state index contributed by atoms with van der Waals surface area (Å²) < 4.78 is 27.1. The van der Waals surface area contributed by atoms with Crippen molar-refractivity contribution in [3.8, 4) is 0 Å². The van der Waals surface area contributed by atoms with E-state index in [0.717, 1.165) is 12.0 Å². The molecule has 0 spiro atoms. The molecule has 1 aromatic carbocycles. The Morgan fingerprint density at radius 3 is 2.45 bits per heavy atom. The van der Waals surface area contributed by atoms with Crippen molar-refractivity contribution in [2.75, 3.05) is 13.6 Å². The van der Waals surface area contributed by atoms with E-state index in [0.29, 0.717) is 18.1 Å². The van der Waals surface area contributed by atoms with Crippen molar-refractivity contribution in [1.29, 1.82) is 0 Å². The lowest BCUT2D eigenvalue weighted by Crippen LogP contribution is -2.33. The summed E-state index contributed by atoms with van der Waals surface area (Å²) in [5.74, 6) is 0. The Labute approximate surface area is 127 Å². The van der Waals surface area contributed by atoms with E-state index in [1.54, 1.807) is 12.1 Å². The van der Waals surface area contributed by atoms with E-state index in [9.17, 15) is 8.42 Å². The minimum Gasteiger partial charge on any atom is -0.316 e. The summed E-state index contributed by atoms with van der Waals surface area (Å²) >= 11 is 6.10. The number of rotatable bonds is 7. The highest BCUT2D eigenvalue weighted by Gasteiger charge is 2.21. The molecule has 0 bridgehead atoms. The first-order valence-electron chi connectivity index (χ1n) is 6.64. The van der Waals surface area contributed by atoms with Crippen LogP contribution >= 0.6 is 11.6 Å². The van der Waals surface area contributed by atoms with Gasteiger partial charge in [0.05, 0.1) is 4.90 Å². The molecule has 0 aliphatic rings. The fourth-order valence-corrected chi connectivity index (χ4v) is 3.11. The van der Waals surface area contributed by atoms with E-state index < -0.39 is 10.0 Å². The molecular formula is C14H23ClN2O2S. The molecule has 0 atom stereocenters. The standard InChI is InChI=1S/C14H23ClN2O2S/c1-5-14(2,3)10-17-20(18,19)12-7-6-11(9-16-4)13(15)8-12/h6-8,16-17H,5,9-10H2,1-4H3. The van der Waals surface area contributed by atoms with Crippen LogP contribution in [0.4, 0.5) is 0 Å². The molecule has 0 amide bonds. The SMILES string of the molecule is CCC(C)(C)CNS(=O)(=O)c1ccc(CNC)c(Cl)c1. The van der Waals surface area contributed by atoms with Gasteiger partial charge in [-0.15, -0.1) is 0 Å². The van der Waals surface area contributed by atoms with Crippen LogP contribution in [-0.4, -0.2) is 22.0 Å². The largest absolute Gasteiger partial charge is 0.316 e. The number of halogens is 1. The number of nitrogens with one attached hydrogen (secondary N) is 2. The van der Waals surface area contributed by atoms with Crippen LogP contribution in [0.25, 0.3) is 0 Å². The van der Waals surface area contributed by atoms with Crippen molar-refractivity contribution in [2.45, 2.75) is 38.6 Å². The van der Waals surface area contributed by atoms with Gasteiger partial charge in [0.25, 0.3) is 0 Å². The van der Waals surface area contributed by atoms with Crippen LogP contribution in [0.1, 0.15) is 32.8 Å². The second-order valence-corrected chi connectivity index (χ2v) is 7.80. The fraction of sp³-hybridized carbons (Fsp3) is 0.571. The molecule has 1 aromatic rings. The third-order valence-corrected chi connectivity index (χ3v) is 5.15. The summed E-state index contributed by atoms with van der Waals surface area (Å²) in [4.78, 5) is 0.203. The van der Waals surface area contributed by atoms with E-state index >= 15 is 0 Å². The smallest absolute Gasteiger partial charge is 0.240 e. The van der Waals surface area contributed by atoms with Crippen LogP contribution in [-0.2, 0) is 16.6 Å². The molecule has 0 saturated heterocycles. The molecule has 0 aliphatic heterocycles.